The fraction of sp³-hybridized carbons (Fsp3) is 0.634. The van der Waals surface area contributed by atoms with Gasteiger partial charge in [-0.3, -0.25) is 9.59 Å². The lowest BCUT2D eigenvalue weighted by atomic mass is 9.43. The number of nitrogens with one attached hydrogen (secondary N) is 1. The molecule has 13 heteroatoms. The van der Waals surface area contributed by atoms with E-state index in [4.69, 9.17) is 9.47 Å². The Morgan fingerprint density at radius 1 is 0.889 bits per heavy atom. The second kappa shape index (κ2) is 18.4. The first-order chi connectivity index (χ1) is 25.5. The summed E-state index contributed by atoms with van der Waals surface area (Å²) in [4.78, 5) is 40.1. The van der Waals surface area contributed by atoms with Gasteiger partial charge in [-0.15, -0.1) is 0 Å². The number of benzene rings is 2. The van der Waals surface area contributed by atoms with E-state index in [-0.39, 0.29) is 82.8 Å². The van der Waals surface area contributed by atoms with Gasteiger partial charge in [-0.2, -0.15) is 0 Å². The highest BCUT2D eigenvalue weighted by Gasteiger charge is 2.66. The highest BCUT2D eigenvalue weighted by molar-refractivity contribution is 14.1. The number of aliphatic hydroxyl groups is 1. The number of ether oxygens (including phenoxy) is 2. The SMILES string of the molecule is CCNC(=O)CCC(C)C1CCC2C3C(OC(=O)Cc4cc(I)cc(I)c4I)CC4CC(OC(=O)c5cc(I)cc(I)c5I)CCC4(C)C3CC(O)C12C. The Bertz CT molecular complexity index is 1780. The summed E-state index contributed by atoms with van der Waals surface area (Å²) in [6.07, 6.45) is 6.35. The molecule has 4 fully saturated rings. The minimum atomic E-state index is -0.481. The monoisotopic (exact) mass is 1410 g/mol. The molecule has 4 aliphatic carbocycles. The van der Waals surface area contributed by atoms with Crippen LogP contribution in [-0.4, -0.2) is 47.8 Å². The summed E-state index contributed by atoms with van der Waals surface area (Å²) in [5, 5.41) is 15.3. The molecule has 11 unspecified atom stereocenters. The molecule has 11 atom stereocenters. The van der Waals surface area contributed by atoms with E-state index in [9.17, 15) is 19.5 Å². The molecule has 2 N–H and O–H groups in total. The van der Waals surface area contributed by atoms with E-state index < -0.39 is 6.10 Å². The summed E-state index contributed by atoms with van der Waals surface area (Å²) in [7, 11) is 0. The van der Waals surface area contributed by atoms with Crippen molar-refractivity contribution in [3.05, 3.63) is 56.8 Å². The highest BCUT2D eigenvalue weighted by atomic mass is 127. The number of carbonyl (C=O) groups is 3. The molecule has 296 valence electrons. The van der Waals surface area contributed by atoms with Crippen LogP contribution in [0.25, 0.3) is 0 Å². The van der Waals surface area contributed by atoms with E-state index in [1.807, 2.05) is 13.0 Å². The van der Waals surface area contributed by atoms with Gasteiger partial charge in [0.1, 0.15) is 12.2 Å². The van der Waals surface area contributed by atoms with E-state index in [1.165, 1.54) is 0 Å². The lowest BCUT2D eigenvalue weighted by Crippen LogP contribution is -2.63. The molecule has 0 saturated heterocycles. The Hall–Kier alpha value is 1.19. The molecule has 0 bridgehead atoms. The molecule has 4 aliphatic rings. The quantitative estimate of drug-likeness (QED) is 0.140. The fourth-order valence-corrected chi connectivity index (χ4v) is 16.0. The molecule has 0 aromatic heterocycles. The van der Waals surface area contributed by atoms with Crippen LogP contribution in [-0.2, 0) is 25.5 Å². The van der Waals surface area contributed by atoms with Crippen LogP contribution in [0.15, 0.2) is 24.3 Å². The van der Waals surface area contributed by atoms with Gasteiger partial charge in [0.25, 0.3) is 0 Å². The summed E-state index contributed by atoms with van der Waals surface area (Å²) >= 11 is 13.7. The number of amides is 1. The van der Waals surface area contributed by atoms with Crippen LogP contribution in [0, 0.1) is 67.8 Å². The number of fused-ring (bicyclic) bond motifs is 5. The Morgan fingerprint density at radius 3 is 2.28 bits per heavy atom. The van der Waals surface area contributed by atoms with Crippen molar-refractivity contribution in [3.8, 4) is 0 Å². The van der Waals surface area contributed by atoms with Crippen molar-refractivity contribution in [3.63, 3.8) is 0 Å². The molecule has 0 spiro atoms. The number of hydrogen-bond acceptors (Lipinski definition) is 6. The number of esters is 2. The van der Waals surface area contributed by atoms with Crippen LogP contribution in [0.2, 0.25) is 0 Å². The van der Waals surface area contributed by atoms with Gasteiger partial charge in [0, 0.05) is 40.3 Å². The van der Waals surface area contributed by atoms with Gasteiger partial charge in [0.05, 0.1) is 18.1 Å². The van der Waals surface area contributed by atoms with Crippen molar-refractivity contribution in [1.82, 2.24) is 5.32 Å². The van der Waals surface area contributed by atoms with E-state index in [0.29, 0.717) is 24.9 Å². The van der Waals surface area contributed by atoms with Gasteiger partial charge in [-0.25, -0.2) is 4.79 Å². The second-order valence-corrected chi connectivity index (χ2v) is 23.6. The second-order valence-electron chi connectivity index (χ2n) is 16.6. The maximum absolute atomic E-state index is 14.0. The third kappa shape index (κ3) is 9.10. The third-order valence-corrected chi connectivity index (χ3v) is 21.3. The molecule has 0 heterocycles. The number of carbonyl (C=O) groups excluding carboxylic acids is 3. The minimum Gasteiger partial charge on any atom is -0.462 e. The van der Waals surface area contributed by atoms with Gasteiger partial charge < -0.3 is 19.9 Å². The predicted octanol–water partition coefficient (Wildman–Crippen LogP) is 10.8. The van der Waals surface area contributed by atoms with Crippen molar-refractivity contribution in [1.29, 1.82) is 0 Å². The predicted molar refractivity (Wildman–Crippen MR) is 261 cm³/mol. The van der Waals surface area contributed by atoms with Gasteiger partial charge >= 0.3 is 11.9 Å². The average molecular weight is 1410 g/mol. The zero-order chi connectivity index (χ0) is 39.3. The smallest absolute Gasteiger partial charge is 0.339 e. The van der Waals surface area contributed by atoms with E-state index in [0.717, 1.165) is 71.9 Å². The normalized spacial score (nSPS) is 33.5. The summed E-state index contributed by atoms with van der Waals surface area (Å²) in [5.41, 5.74) is 1.20. The van der Waals surface area contributed by atoms with E-state index in [2.05, 4.69) is 180 Å². The van der Waals surface area contributed by atoms with Crippen LogP contribution in [0.5, 0.6) is 0 Å². The van der Waals surface area contributed by atoms with Gasteiger partial charge in [0.2, 0.25) is 5.91 Å². The fourth-order valence-electron chi connectivity index (χ4n) is 11.2. The Morgan fingerprint density at radius 2 is 1.57 bits per heavy atom. The van der Waals surface area contributed by atoms with E-state index >= 15 is 0 Å². The maximum Gasteiger partial charge on any atom is 0.339 e. The summed E-state index contributed by atoms with van der Waals surface area (Å²) < 4.78 is 19.3. The Kier molecular flexibility index (Phi) is 15.3. The largest absolute Gasteiger partial charge is 0.462 e. The molecule has 4 saturated carbocycles. The first-order valence-corrected chi connectivity index (χ1v) is 25.6. The van der Waals surface area contributed by atoms with Crippen molar-refractivity contribution in [2.45, 2.75) is 110 Å². The molecule has 6 rings (SSSR count). The zero-order valence-corrected chi connectivity index (χ0v) is 44.0. The summed E-state index contributed by atoms with van der Waals surface area (Å²) in [5.74, 6) is 0.896. The summed E-state index contributed by atoms with van der Waals surface area (Å²) in [6.45, 7) is 9.55. The lowest BCUT2D eigenvalue weighted by molar-refractivity contribution is -0.217. The Balaban J connectivity index is 1.28. The summed E-state index contributed by atoms with van der Waals surface area (Å²) in [6, 6.07) is 8.18. The molecular formula is C41H49I6NO6. The number of aliphatic hydroxyl groups excluding tert-OH is 1. The van der Waals surface area contributed by atoms with Crippen LogP contribution in [0.3, 0.4) is 0 Å². The van der Waals surface area contributed by atoms with Crippen molar-refractivity contribution in [2.24, 2.45) is 46.3 Å². The number of hydrogen-bond donors (Lipinski definition) is 2. The van der Waals surface area contributed by atoms with Crippen molar-refractivity contribution in [2.75, 3.05) is 6.54 Å². The average Bonchev–Trinajstić information content (AvgIpc) is 3.46. The van der Waals surface area contributed by atoms with Crippen LogP contribution in [0.4, 0.5) is 0 Å². The molecule has 2 aromatic rings. The van der Waals surface area contributed by atoms with Crippen LogP contribution < -0.4 is 5.32 Å². The van der Waals surface area contributed by atoms with Gasteiger partial charge in [0.15, 0.2) is 0 Å². The molecule has 0 radical (unpaired) electrons. The minimum absolute atomic E-state index is 0.0757. The maximum atomic E-state index is 14.0. The molecule has 7 nitrogen and oxygen atoms in total. The van der Waals surface area contributed by atoms with Crippen molar-refractivity contribution < 1.29 is 29.0 Å². The number of rotatable bonds is 10. The molecular weight excluding hydrogens is 1360 g/mol. The van der Waals surface area contributed by atoms with Gasteiger partial charge in [-0.05, 0) is 264 Å². The Labute approximate surface area is 402 Å². The molecule has 0 aliphatic heterocycles. The lowest BCUT2D eigenvalue weighted by Gasteiger charge is -2.64. The third-order valence-electron chi connectivity index (χ3n) is 13.8. The standard InChI is InChI=1S/C41H49I6NO6/c1-5-48-34(50)9-6-20(2)27-7-8-28-36-29(19-33(49)41(27,28)4)40(3)11-10-25(53-39(52)26-16-24(43)18-31(45)38(26)47)14-22(40)15-32(36)54-35(51)13-21-12-23(42)17-30(44)37(21)46/h12,16-18,20,22,25,27-29,32-33,36,49H,5-11,13-15,19H2,1-4H3,(H,48,50). The first kappa shape index (κ1) is 44.7. The van der Waals surface area contributed by atoms with Gasteiger partial charge in [-0.1, -0.05) is 20.8 Å². The number of halogens is 6. The molecule has 54 heavy (non-hydrogen) atoms. The van der Waals surface area contributed by atoms with E-state index in [1.54, 1.807) is 0 Å². The molecule has 1 amide bonds. The molecule has 2 aromatic carbocycles. The van der Waals surface area contributed by atoms with Crippen molar-refractivity contribution >= 4 is 153 Å². The topological polar surface area (TPSA) is 102 Å². The van der Waals surface area contributed by atoms with Crippen LogP contribution in [0.1, 0.15) is 101 Å². The first-order valence-electron chi connectivity index (χ1n) is 19.1. The van der Waals surface area contributed by atoms with Crippen LogP contribution >= 0.6 is 136 Å². The highest BCUT2D eigenvalue weighted by Crippen LogP contribution is 2.69. The zero-order valence-electron chi connectivity index (χ0n) is 31.0.